The Morgan fingerprint density at radius 1 is 0.733 bits per heavy atom. The van der Waals surface area contributed by atoms with Crippen LogP contribution < -0.4 is 10.6 Å². The molecular weight excluding hydrogens is 380 g/mol. The Kier molecular flexibility index (Phi) is 5.34. The van der Waals surface area contributed by atoms with Gasteiger partial charge in [0, 0.05) is 28.1 Å². The number of para-hydroxylation sites is 1. The molecule has 0 saturated heterocycles. The van der Waals surface area contributed by atoms with Crippen molar-refractivity contribution in [1.82, 2.24) is 10.1 Å². The summed E-state index contributed by atoms with van der Waals surface area (Å²) in [5.74, 6) is 0.479. The van der Waals surface area contributed by atoms with Gasteiger partial charge in [-0.1, -0.05) is 23.4 Å². The van der Waals surface area contributed by atoms with E-state index in [9.17, 15) is 9.59 Å². The summed E-state index contributed by atoms with van der Waals surface area (Å²) in [7, 11) is 0. The van der Waals surface area contributed by atoms with Crippen LogP contribution in [0, 0.1) is 6.92 Å². The molecule has 1 aromatic heterocycles. The minimum atomic E-state index is -0.259. The third kappa shape index (κ3) is 4.41. The van der Waals surface area contributed by atoms with Gasteiger partial charge < -0.3 is 15.2 Å². The highest BCUT2D eigenvalue weighted by atomic mass is 16.5. The molecule has 1 heterocycles. The fourth-order valence-electron chi connectivity index (χ4n) is 2.81. The monoisotopic (exact) mass is 398 g/mol. The molecule has 2 N–H and O–H groups in total. The Morgan fingerprint density at radius 2 is 1.27 bits per heavy atom. The molecule has 0 atom stereocenters. The molecule has 0 fully saturated rings. The zero-order chi connectivity index (χ0) is 20.9. The summed E-state index contributed by atoms with van der Waals surface area (Å²) in [5, 5.41) is 9.39. The first kappa shape index (κ1) is 19.1. The third-order valence-electron chi connectivity index (χ3n) is 4.36. The lowest BCUT2D eigenvalue weighted by molar-refractivity contribution is 0.102. The zero-order valence-corrected chi connectivity index (χ0v) is 16.1. The molecule has 0 bridgehead atoms. The molecule has 0 radical (unpaired) electrons. The number of carbonyl (C=O) groups excluding carboxylic acids is 2. The first-order chi connectivity index (χ1) is 14.6. The third-order valence-corrected chi connectivity index (χ3v) is 4.36. The summed E-state index contributed by atoms with van der Waals surface area (Å²) in [6, 6.07) is 22.8. The lowest BCUT2D eigenvalue weighted by Gasteiger charge is -2.08. The van der Waals surface area contributed by atoms with E-state index >= 15 is 0 Å². The molecule has 148 valence electrons. The van der Waals surface area contributed by atoms with Gasteiger partial charge in [0.05, 0.1) is 0 Å². The van der Waals surface area contributed by atoms with Crippen LogP contribution in [0.4, 0.5) is 11.4 Å². The van der Waals surface area contributed by atoms with E-state index in [2.05, 4.69) is 20.8 Å². The highest BCUT2D eigenvalue weighted by Crippen LogP contribution is 2.19. The van der Waals surface area contributed by atoms with E-state index in [0.717, 1.165) is 11.3 Å². The normalized spacial score (nSPS) is 10.4. The number of aryl methyl sites for hydroxylation is 1. The molecule has 0 spiro atoms. The minimum absolute atomic E-state index is 0.217. The largest absolute Gasteiger partial charge is 0.334 e. The van der Waals surface area contributed by atoms with Crippen molar-refractivity contribution in [3.05, 3.63) is 95.8 Å². The van der Waals surface area contributed by atoms with Gasteiger partial charge in [-0.15, -0.1) is 0 Å². The van der Waals surface area contributed by atoms with Crippen LogP contribution in [0.2, 0.25) is 0 Å². The number of hydrogen-bond acceptors (Lipinski definition) is 5. The molecule has 0 saturated carbocycles. The first-order valence-electron chi connectivity index (χ1n) is 9.27. The SMILES string of the molecule is Cc1noc(-c2ccc(C(=O)Nc3ccc(C(=O)Nc4ccccc4)cc3)cc2)n1. The molecule has 2 amide bonds. The second-order valence-electron chi connectivity index (χ2n) is 6.58. The van der Waals surface area contributed by atoms with Crippen molar-refractivity contribution in [3.8, 4) is 11.5 Å². The molecule has 0 aliphatic heterocycles. The minimum Gasteiger partial charge on any atom is -0.334 e. The van der Waals surface area contributed by atoms with Gasteiger partial charge in [0.2, 0.25) is 0 Å². The standard InChI is InChI=1S/C23H18N4O3/c1-15-24-23(30-27-15)18-9-7-16(8-10-18)21(28)26-20-13-11-17(12-14-20)22(29)25-19-5-3-2-4-6-19/h2-14H,1H3,(H,25,29)(H,26,28). The number of nitrogens with one attached hydrogen (secondary N) is 2. The van der Waals surface area contributed by atoms with Gasteiger partial charge in [-0.25, -0.2) is 0 Å². The number of aromatic nitrogens is 2. The van der Waals surface area contributed by atoms with E-state index in [4.69, 9.17) is 4.52 Å². The number of amides is 2. The second kappa shape index (κ2) is 8.40. The Balaban J connectivity index is 1.39. The summed E-state index contributed by atoms with van der Waals surface area (Å²) in [4.78, 5) is 28.9. The van der Waals surface area contributed by atoms with E-state index in [1.807, 2.05) is 30.3 Å². The lowest BCUT2D eigenvalue weighted by atomic mass is 10.1. The van der Waals surface area contributed by atoms with Gasteiger partial charge in [-0.2, -0.15) is 4.98 Å². The van der Waals surface area contributed by atoms with Crippen LogP contribution in [-0.4, -0.2) is 22.0 Å². The molecule has 30 heavy (non-hydrogen) atoms. The van der Waals surface area contributed by atoms with E-state index in [0.29, 0.717) is 28.5 Å². The Labute approximate surface area is 172 Å². The molecule has 7 nitrogen and oxygen atoms in total. The molecule has 3 aromatic carbocycles. The molecular formula is C23H18N4O3. The highest BCUT2D eigenvalue weighted by molar-refractivity contribution is 6.06. The highest BCUT2D eigenvalue weighted by Gasteiger charge is 2.11. The maximum Gasteiger partial charge on any atom is 0.257 e. The predicted octanol–water partition coefficient (Wildman–Crippen LogP) is 4.55. The van der Waals surface area contributed by atoms with Crippen LogP contribution >= 0.6 is 0 Å². The van der Waals surface area contributed by atoms with E-state index in [-0.39, 0.29) is 11.8 Å². The van der Waals surface area contributed by atoms with Crippen molar-refractivity contribution in [2.45, 2.75) is 6.92 Å². The maximum atomic E-state index is 12.5. The molecule has 4 aromatic rings. The van der Waals surface area contributed by atoms with Crippen LogP contribution in [0.15, 0.2) is 83.4 Å². The summed E-state index contributed by atoms with van der Waals surface area (Å²) >= 11 is 0. The van der Waals surface area contributed by atoms with Crippen molar-refractivity contribution >= 4 is 23.2 Å². The van der Waals surface area contributed by atoms with Crippen molar-refractivity contribution in [3.63, 3.8) is 0 Å². The lowest BCUT2D eigenvalue weighted by Crippen LogP contribution is -2.13. The number of anilines is 2. The average molecular weight is 398 g/mol. The van der Waals surface area contributed by atoms with Gasteiger partial charge in [-0.3, -0.25) is 9.59 Å². The van der Waals surface area contributed by atoms with E-state index < -0.39 is 0 Å². The molecule has 0 aliphatic rings. The summed E-state index contributed by atoms with van der Waals surface area (Å²) < 4.78 is 5.12. The Bertz CT molecular complexity index is 1170. The predicted molar refractivity (Wildman–Crippen MR) is 113 cm³/mol. The Hall–Kier alpha value is -4.26. The van der Waals surface area contributed by atoms with Gasteiger partial charge in [-0.05, 0) is 67.6 Å². The van der Waals surface area contributed by atoms with Crippen LogP contribution in [0.5, 0.6) is 0 Å². The van der Waals surface area contributed by atoms with Gasteiger partial charge in [0.15, 0.2) is 5.82 Å². The topological polar surface area (TPSA) is 97.1 Å². The quantitative estimate of drug-likeness (QED) is 0.514. The summed E-state index contributed by atoms with van der Waals surface area (Å²) in [6.07, 6.45) is 0. The van der Waals surface area contributed by atoms with Crippen molar-refractivity contribution < 1.29 is 14.1 Å². The van der Waals surface area contributed by atoms with E-state index in [1.54, 1.807) is 55.5 Å². The molecule has 7 heteroatoms. The van der Waals surface area contributed by atoms with Crippen molar-refractivity contribution in [2.75, 3.05) is 10.6 Å². The van der Waals surface area contributed by atoms with Gasteiger partial charge in [0.25, 0.3) is 17.7 Å². The molecule has 0 unspecified atom stereocenters. The Morgan fingerprint density at radius 3 is 1.80 bits per heavy atom. The average Bonchev–Trinajstić information content (AvgIpc) is 3.21. The summed E-state index contributed by atoms with van der Waals surface area (Å²) in [5.41, 5.74) is 3.03. The number of nitrogens with zero attached hydrogens (tertiary/aromatic N) is 2. The smallest absolute Gasteiger partial charge is 0.257 e. The number of benzene rings is 3. The zero-order valence-electron chi connectivity index (χ0n) is 16.1. The van der Waals surface area contributed by atoms with Crippen LogP contribution in [0.3, 0.4) is 0 Å². The van der Waals surface area contributed by atoms with Crippen LogP contribution in [0.25, 0.3) is 11.5 Å². The van der Waals surface area contributed by atoms with Crippen molar-refractivity contribution in [2.24, 2.45) is 0 Å². The fraction of sp³-hybridized carbons (Fsp3) is 0.0435. The van der Waals surface area contributed by atoms with Crippen LogP contribution in [-0.2, 0) is 0 Å². The molecule has 4 rings (SSSR count). The van der Waals surface area contributed by atoms with Crippen LogP contribution in [0.1, 0.15) is 26.5 Å². The van der Waals surface area contributed by atoms with E-state index in [1.165, 1.54) is 0 Å². The number of hydrogen-bond donors (Lipinski definition) is 2. The first-order valence-corrected chi connectivity index (χ1v) is 9.27. The summed E-state index contributed by atoms with van der Waals surface area (Å²) in [6.45, 7) is 1.74. The van der Waals surface area contributed by atoms with Gasteiger partial charge in [0.1, 0.15) is 0 Å². The fourth-order valence-corrected chi connectivity index (χ4v) is 2.81. The van der Waals surface area contributed by atoms with Crippen molar-refractivity contribution in [1.29, 1.82) is 0 Å². The second-order valence-corrected chi connectivity index (χ2v) is 6.58. The maximum absolute atomic E-state index is 12.5. The number of rotatable bonds is 5. The van der Waals surface area contributed by atoms with Gasteiger partial charge >= 0.3 is 0 Å². The molecule has 0 aliphatic carbocycles. The number of carbonyl (C=O) groups is 2.